The molecule has 1 aromatic rings. The largest absolute Gasteiger partial charge is 0.495 e. The molecule has 0 aromatic heterocycles. The Morgan fingerprint density at radius 3 is 2.86 bits per heavy atom. The Morgan fingerprint density at radius 1 is 1.48 bits per heavy atom. The number of methoxy groups -OCH3 is 1. The van der Waals surface area contributed by atoms with E-state index in [0.29, 0.717) is 18.8 Å². The molecule has 0 amide bonds. The van der Waals surface area contributed by atoms with E-state index < -0.39 is 10.0 Å². The van der Waals surface area contributed by atoms with Crippen LogP contribution in [0.5, 0.6) is 5.75 Å². The van der Waals surface area contributed by atoms with Gasteiger partial charge in [0.25, 0.3) is 0 Å². The van der Waals surface area contributed by atoms with Gasteiger partial charge in [-0.3, -0.25) is 0 Å². The van der Waals surface area contributed by atoms with E-state index in [1.807, 2.05) is 20.0 Å². The fourth-order valence-electron chi connectivity index (χ4n) is 2.43. The zero-order valence-electron chi connectivity index (χ0n) is 12.6. The van der Waals surface area contributed by atoms with Gasteiger partial charge in [0, 0.05) is 30.6 Å². The van der Waals surface area contributed by atoms with Crippen LogP contribution < -0.4 is 10.1 Å². The molecule has 1 unspecified atom stereocenters. The summed E-state index contributed by atoms with van der Waals surface area (Å²) < 4.78 is 32.7. The van der Waals surface area contributed by atoms with Crippen LogP contribution in [-0.2, 0) is 16.6 Å². The Labute approximate surface area is 131 Å². The van der Waals surface area contributed by atoms with Crippen molar-refractivity contribution in [2.45, 2.75) is 24.4 Å². The molecule has 5 nitrogen and oxygen atoms in total. The van der Waals surface area contributed by atoms with Gasteiger partial charge in [-0.2, -0.15) is 16.1 Å². The van der Waals surface area contributed by atoms with Crippen molar-refractivity contribution in [2.24, 2.45) is 0 Å². The summed E-state index contributed by atoms with van der Waals surface area (Å²) >= 11 is 1.79. The molecule has 1 aliphatic rings. The molecule has 1 fully saturated rings. The van der Waals surface area contributed by atoms with E-state index in [1.54, 1.807) is 28.2 Å². The quantitative estimate of drug-likeness (QED) is 0.887. The van der Waals surface area contributed by atoms with Crippen molar-refractivity contribution in [3.63, 3.8) is 0 Å². The number of nitrogens with zero attached hydrogens (tertiary/aromatic N) is 1. The summed E-state index contributed by atoms with van der Waals surface area (Å²) in [7, 11) is -0.190. The zero-order valence-corrected chi connectivity index (χ0v) is 14.3. The Balaban J connectivity index is 2.44. The SMILES string of the molecule is CNCc1ccc(OC)c(S(=O)(=O)N2CCSCC2C)c1. The molecule has 0 radical (unpaired) electrons. The molecule has 1 heterocycles. The average molecular weight is 330 g/mol. The third-order valence-electron chi connectivity index (χ3n) is 3.50. The Hall–Kier alpha value is -0.760. The zero-order chi connectivity index (χ0) is 15.5. The maximum absolute atomic E-state index is 13.0. The second-order valence-corrected chi connectivity index (χ2v) is 8.06. The van der Waals surface area contributed by atoms with Gasteiger partial charge in [-0.25, -0.2) is 8.42 Å². The van der Waals surface area contributed by atoms with Crippen LogP contribution in [0.4, 0.5) is 0 Å². The number of thioether (sulfide) groups is 1. The molecule has 7 heteroatoms. The van der Waals surface area contributed by atoms with Crippen LogP contribution in [0.2, 0.25) is 0 Å². The molecule has 1 saturated heterocycles. The molecular formula is C14H22N2O3S2. The van der Waals surface area contributed by atoms with Gasteiger partial charge < -0.3 is 10.1 Å². The molecule has 21 heavy (non-hydrogen) atoms. The van der Waals surface area contributed by atoms with Crippen LogP contribution in [0, 0.1) is 0 Å². The fraction of sp³-hybridized carbons (Fsp3) is 0.571. The lowest BCUT2D eigenvalue weighted by molar-refractivity contribution is 0.360. The summed E-state index contributed by atoms with van der Waals surface area (Å²) in [5, 5.41) is 3.04. The van der Waals surface area contributed by atoms with Crippen LogP contribution in [0.25, 0.3) is 0 Å². The van der Waals surface area contributed by atoms with Crippen LogP contribution in [0.3, 0.4) is 0 Å². The standard InChI is InChI=1S/C14H22N2O3S2/c1-11-10-20-7-6-16(11)21(17,18)14-8-12(9-15-2)4-5-13(14)19-3/h4-5,8,11,15H,6-7,9-10H2,1-3H3. The molecule has 0 spiro atoms. The molecule has 1 atom stereocenters. The average Bonchev–Trinajstić information content (AvgIpc) is 2.48. The van der Waals surface area contributed by atoms with Crippen molar-refractivity contribution < 1.29 is 13.2 Å². The molecule has 0 aliphatic carbocycles. The maximum atomic E-state index is 13.0. The number of ether oxygens (including phenoxy) is 1. The van der Waals surface area contributed by atoms with Crippen LogP contribution in [0.15, 0.2) is 23.1 Å². The van der Waals surface area contributed by atoms with Crippen molar-refractivity contribution >= 4 is 21.8 Å². The monoisotopic (exact) mass is 330 g/mol. The number of rotatable bonds is 5. The third kappa shape index (κ3) is 3.53. The van der Waals surface area contributed by atoms with E-state index in [-0.39, 0.29) is 10.9 Å². The minimum absolute atomic E-state index is 0.00594. The topological polar surface area (TPSA) is 58.6 Å². The lowest BCUT2D eigenvalue weighted by Gasteiger charge is -2.32. The highest BCUT2D eigenvalue weighted by Gasteiger charge is 2.33. The van der Waals surface area contributed by atoms with E-state index in [2.05, 4.69) is 5.32 Å². The van der Waals surface area contributed by atoms with Gasteiger partial charge in [0.1, 0.15) is 10.6 Å². The van der Waals surface area contributed by atoms with Crippen LogP contribution in [-0.4, -0.2) is 51.0 Å². The predicted molar refractivity (Wildman–Crippen MR) is 86.4 cm³/mol. The summed E-state index contributed by atoms with van der Waals surface area (Å²) in [6.45, 7) is 3.12. The minimum atomic E-state index is -3.53. The van der Waals surface area contributed by atoms with E-state index in [4.69, 9.17) is 4.74 Å². The van der Waals surface area contributed by atoms with Crippen LogP contribution in [0.1, 0.15) is 12.5 Å². The first-order valence-corrected chi connectivity index (χ1v) is 9.51. The van der Waals surface area contributed by atoms with Crippen molar-refractivity contribution in [2.75, 3.05) is 32.2 Å². The van der Waals surface area contributed by atoms with Crippen molar-refractivity contribution in [3.8, 4) is 5.75 Å². The van der Waals surface area contributed by atoms with E-state index in [9.17, 15) is 8.42 Å². The second kappa shape index (κ2) is 7.00. The van der Waals surface area contributed by atoms with E-state index in [0.717, 1.165) is 17.1 Å². The number of sulfonamides is 1. The fourth-order valence-corrected chi connectivity index (χ4v) is 5.49. The third-order valence-corrected chi connectivity index (χ3v) is 6.73. The molecule has 2 rings (SSSR count). The van der Waals surface area contributed by atoms with Gasteiger partial charge in [0.15, 0.2) is 0 Å². The van der Waals surface area contributed by atoms with Gasteiger partial charge >= 0.3 is 0 Å². The highest BCUT2D eigenvalue weighted by atomic mass is 32.2. The van der Waals surface area contributed by atoms with Gasteiger partial charge in [-0.05, 0) is 31.7 Å². The number of nitrogens with one attached hydrogen (secondary N) is 1. The first-order valence-electron chi connectivity index (χ1n) is 6.91. The van der Waals surface area contributed by atoms with Gasteiger partial charge in [0.2, 0.25) is 10.0 Å². The number of hydrogen-bond donors (Lipinski definition) is 1. The first kappa shape index (κ1) is 16.6. The molecule has 1 N–H and O–H groups in total. The minimum Gasteiger partial charge on any atom is -0.495 e. The lowest BCUT2D eigenvalue weighted by atomic mass is 10.2. The maximum Gasteiger partial charge on any atom is 0.247 e. The van der Waals surface area contributed by atoms with E-state index >= 15 is 0 Å². The highest BCUT2D eigenvalue weighted by molar-refractivity contribution is 7.99. The first-order chi connectivity index (χ1) is 10.0. The van der Waals surface area contributed by atoms with Gasteiger partial charge in [-0.1, -0.05) is 6.07 Å². The van der Waals surface area contributed by atoms with Gasteiger partial charge in [-0.15, -0.1) is 0 Å². The Bertz CT molecular complexity index is 590. The smallest absolute Gasteiger partial charge is 0.247 e. The summed E-state index contributed by atoms with van der Waals surface area (Å²) in [4.78, 5) is 0.261. The number of benzene rings is 1. The molecule has 1 aliphatic heterocycles. The normalized spacial score (nSPS) is 20.4. The number of hydrogen-bond acceptors (Lipinski definition) is 5. The lowest BCUT2D eigenvalue weighted by Crippen LogP contribution is -2.44. The molecule has 1 aromatic carbocycles. The van der Waals surface area contributed by atoms with Gasteiger partial charge in [0.05, 0.1) is 7.11 Å². The Morgan fingerprint density at radius 2 is 2.24 bits per heavy atom. The van der Waals surface area contributed by atoms with Crippen molar-refractivity contribution in [1.82, 2.24) is 9.62 Å². The van der Waals surface area contributed by atoms with Crippen molar-refractivity contribution in [3.05, 3.63) is 23.8 Å². The molecule has 0 bridgehead atoms. The summed E-state index contributed by atoms with van der Waals surface area (Å²) in [5.74, 6) is 2.07. The summed E-state index contributed by atoms with van der Waals surface area (Å²) in [6, 6.07) is 5.32. The summed E-state index contributed by atoms with van der Waals surface area (Å²) in [6.07, 6.45) is 0. The second-order valence-electron chi connectivity index (χ2n) is 5.06. The molecule has 0 saturated carbocycles. The molecular weight excluding hydrogens is 308 g/mol. The molecule has 118 valence electrons. The Kier molecular flexibility index (Phi) is 5.54. The predicted octanol–water partition coefficient (Wildman–Crippen LogP) is 1.54. The van der Waals surface area contributed by atoms with E-state index in [1.165, 1.54) is 7.11 Å². The van der Waals surface area contributed by atoms with Crippen molar-refractivity contribution in [1.29, 1.82) is 0 Å². The van der Waals surface area contributed by atoms with Crippen LogP contribution >= 0.6 is 11.8 Å². The highest BCUT2D eigenvalue weighted by Crippen LogP contribution is 2.31. The summed E-state index contributed by atoms with van der Waals surface area (Å²) in [5.41, 5.74) is 0.927.